The molecule has 21 heavy (non-hydrogen) atoms. The topological polar surface area (TPSA) is 20.3 Å². The Morgan fingerprint density at radius 1 is 0.857 bits per heavy atom. The van der Waals surface area contributed by atoms with Crippen LogP contribution in [-0.4, -0.2) is 10.7 Å². The average molecular weight is 277 g/mol. The molecule has 0 bridgehead atoms. The van der Waals surface area contributed by atoms with Crippen LogP contribution in [0.5, 0.6) is 0 Å². The van der Waals surface area contributed by atoms with E-state index in [2.05, 4.69) is 35.7 Å². The predicted molar refractivity (Wildman–Crippen MR) is 84.6 cm³/mol. The minimum absolute atomic E-state index is 0.0788. The molecule has 2 nitrogen and oxygen atoms in total. The fourth-order valence-corrected chi connectivity index (χ4v) is 3.13. The third-order valence-corrected chi connectivity index (χ3v) is 4.14. The molecule has 1 heterocycles. The van der Waals surface area contributed by atoms with Gasteiger partial charge in [-0.05, 0) is 17.3 Å². The van der Waals surface area contributed by atoms with E-state index in [1.54, 1.807) is 0 Å². The van der Waals surface area contributed by atoms with E-state index in [0.29, 0.717) is 18.6 Å². The van der Waals surface area contributed by atoms with Crippen molar-refractivity contribution in [1.29, 1.82) is 0 Å². The molecule has 2 aromatic carbocycles. The Bertz CT molecular complexity index is 569. The van der Waals surface area contributed by atoms with Gasteiger partial charge in [-0.25, -0.2) is 0 Å². The first kappa shape index (κ1) is 13.6. The molecule has 0 N–H and O–H groups in total. The maximum atomic E-state index is 12.2. The SMILES string of the molecule is C=CN1C(c2ccccc2)CC(=O)CC1c1ccccc1. The lowest BCUT2D eigenvalue weighted by atomic mass is 9.87. The lowest BCUT2D eigenvalue weighted by Crippen LogP contribution is -2.36. The highest BCUT2D eigenvalue weighted by Crippen LogP contribution is 2.40. The number of Topliss-reactive ketones (excluding diaryl/α,β-unsaturated/α-hetero) is 1. The molecule has 2 atom stereocenters. The van der Waals surface area contributed by atoms with E-state index in [1.165, 1.54) is 11.1 Å². The van der Waals surface area contributed by atoms with Crippen LogP contribution >= 0.6 is 0 Å². The van der Waals surface area contributed by atoms with Gasteiger partial charge in [-0.15, -0.1) is 0 Å². The molecule has 3 rings (SSSR count). The molecule has 0 aliphatic carbocycles. The summed E-state index contributed by atoms with van der Waals surface area (Å²) in [4.78, 5) is 14.5. The molecule has 0 radical (unpaired) electrons. The summed E-state index contributed by atoms with van der Waals surface area (Å²) in [6.45, 7) is 3.98. The van der Waals surface area contributed by atoms with Gasteiger partial charge in [-0.1, -0.05) is 67.2 Å². The predicted octanol–water partition coefficient (Wildman–Crippen LogP) is 4.28. The Kier molecular flexibility index (Phi) is 3.87. The van der Waals surface area contributed by atoms with Crippen LogP contribution in [0.2, 0.25) is 0 Å². The standard InChI is InChI=1S/C19H19NO/c1-2-20-18(15-9-5-3-6-10-15)13-17(21)14-19(20)16-11-7-4-8-12-16/h2-12,18-19H,1,13-14H2. The zero-order valence-electron chi connectivity index (χ0n) is 12.0. The van der Waals surface area contributed by atoms with E-state index in [9.17, 15) is 4.79 Å². The smallest absolute Gasteiger partial charge is 0.137 e. The maximum Gasteiger partial charge on any atom is 0.137 e. The van der Waals surface area contributed by atoms with Crippen molar-refractivity contribution in [3.8, 4) is 0 Å². The molecule has 0 saturated carbocycles. The summed E-state index contributed by atoms with van der Waals surface area (Å²) in [5, 5.41) is 0. The summed E-state index contributed by atoms with van der Waals surface area (Å²) in [6, 6.07) is 20.6. The van der Waals surface area contributed by atoms with Gasteiger partial charge in [-0.3, -0.25) is 4.79 Å². The molecule has 1 aliphatic heterocycles. The van der Waals surface area contributed by atoms with Crippen LogP contribution in [0.25, 0.3) is 0 Å². The van der Waals surface area contributed by atoms with Crippen molar-refractivity contribution in [2.45, 2.75) is 24.9 Å². The summed E-state index contributed by atoms with van der Waals surface area (Å²) < 4.78 is 0. The minimum Gasteiger partial charge on any atom is -0.363 e. The van der Waals surface area contributed by atoms with Gasteiger partial charge in [0.05, 0.1) is 12.1 Å². The number of likely N-dealkylation sites (tertiary alicyclic amines) is 1. The summed E-state index contributed by atoms with van der Waals surface area (Å²) in [5.74, 6) is 0.316. The minimum atomic E-state index is 0.0788. The van der Waals surface area contributed by atoms with Crippen LogP contribution in [0.4, 0.5) is 0 Å². The highest BCUT2D eigenvalue weighted by Gasteiger charge is 2.34. The summed E-state index contributed by atoms with van der Waals surface area (Å²) in [5.41, 5.74) is 2.35. The Labute approximate surface area is 125 Å². The molecule has 2 aromatic rings. The van der Waals surface area contributed by atoms with Gasteiger partial charge in [0.25, 0.3) is 0 Å². The number of benzene rings is 2. The zero-order valence-corrected chi connectivity index (χ0v) is 12.0. The number of piperidine rings is 1. The zero-order chi connectivity index (χ0) is 14.7. The van der Waals surface area contributed by atoms with Crippen molar-refractivity contribution in [3.05, 3.63) is 84.6 Å². The molecule has 0 spiro atoms. The quantitative estimate of drug-likeness (QED) is 0.834. The van der Waals surface area contributed by atoms with Gasteiger partial charge in [0.1, 0.15) is 5.78 Å². The highest BCUT2D eigenvalue weighted by atomic mass is 16.1. The van der Waals surface area contributed by atoms with Gasteiger partial charge >= 0.3 is 0 Å². The molecule has 2 heteroatoms. The number of hydrogen-bond acceptors (Lipinski definition) is 2. The summed E-state index contributed by atoms with van der Waals surface area (Å²) in [7, 11) is 0. The first-order valence-corrected chi connectivity index (χ1v) is 7.31. The maximum absolute atomic E-state index is 12.2. The van der Waals surface area contributed by atoms with Crippen molar-refractivity contribution in [2.75, 3.05) is 0 Å². The Hall–Kier alpha value is -2.35. The third-order valence-electron chi connectivity index (χ3n) is 4.14. The van der Waals surface area contributed by atoms with Gasteiger partial charge in [-0.2, -0.15) is 0 Å². The number of ketones is 1. The van der Waals surface area contributed by atoms with Crippen molar-refractivity contribution in [3.63, 3.8) is 0 Å². The fraction of sp³-hybridized carbons (Fsp3) is 0.211. The molecule has 0 amide bonds. The molecular formula is C19H19NO. The van der Waals surface area contributed by atoms with Crippen molar-refractivity contribution in [2.24, 2.45) is 0 Å². The summed E-state index contributed by atoms with van der Waals surface area (Å²) in [6.07, 6.45) is 2.99. The van der Waals surface area contributed by atoms with Crippen LogP contribution in [-0.2, 0) is 4.79 Å². The average Bonchev–Trinajstić information content (AvgIpc) is 2.55. The first-order chi connectivity index (χ1) is 10.3. The van der Waals surface area contributed by atoms with Crippen molar-refractivity contribution >= 4 is 5.78 Å². The van der Waals surface area contributed by atoms with Gasteiger partial charge in [0, 0.05) is 12.8 Å². The molecular weight excluding hydrogens is 258 g/mol. The second-order valence-electron chi connectivity index (χ2n) is 5.43. The number of nitrogens with zero attached hydrogens (tertiary/aromatic N) is 1. The fourth-order valence-electron chi connectivity index (χ4n) is 3.13. The largest absolute Gasteiger partial charge is 0.363 e. The van der Waals surface area contributed by atoms with Crippen LogP contribution in [0, 0.1) is 0 Å². The van der Waals surface area contributed by atoms with Crippen molar-refractivity contribution in [1.82, 2.24) is 4.90 Å². The van der Waals surface area contributed by atoms with E-state index in [0.717, 1.165) is 0 Å². The van der Waals surface area contributed by atoms with Crippen LogP contribution in [0.3, 0.4) is 0 Å². The number of rotatable bonds is 3. The van der Waals surface area contributed by atoms with Crippen molar-refractivity contribution < 1.29 is 4.79 Å². The second-order valence-corrected chi connectivity index (χ2v) is 5.43. The molecule has 2 unspecified atom stereocenters. The van der Waals surface area contributed by atoms with E-state index in [4.69, 9.17) is 0 Å². The van der Waals surface area contributed by atoms with E-state index in [-0.39, 0.29) is 12.1 Å². The molecule has 1 aliphatic rings. The highest BCUT2D eigenvalue weighted by molar-refractivity contribution is 5.81. The molecule has 0 aromatic heterocycles. The van der Waals surface area contributed by atoms with Gasteiger partial charge < -0.3 is 4.90 Å². The molecule has 106 valence electrons. The molecule has 1 saturated heterocycles. The normalized spacial score (nSPS) is 22.1. The van der Waals surface area contributed by atoms with E-state index >= 15 is 0 Å². The van der Waals surface area contributed by atoms with Crippen LogP contribution in [0.15, 0.2) is 73.4 Å². The first-order valence-electron chi connectivity index (χ1n) is 7.31. The molecule has 1 fully saturated rings. The number of carbonyl (C=O) groups excluding carboxylic acids is 1. The second kappa shape index (κ2) is 5.96. The lowest BCUT2D eigenvalue weighted by molar-refractivity contribution is -0.124. The Morgan fingerprint density at radius 2 is 1.29 bits per heavy atom. The van der Waals surface area contributed by atoms with E-state index in [1.807, 2.05) is 42.6 Å². The summed E-state index contributed by atoms with van der Waals surface area (Å²) >= 11 is 0. The number of carbonyl (C=O) groups is 1. The van der Waals surface area contributed by atoms with Gasteiger partial charge in [0.2, 0.25) is 0 Å². The van der Waals surface area contributed by atoms with E-state index < -0.39 is 0 Å². The Morgan fingerprint density at radius 3 is 1.67 bits per heavy atom. The van der Waals surface area contributed by atoms with Crippen LogP contribution in [0.1, 0.15) is 36.1 Å². The Balaban J connectivity index is 1.98. The van der Waals surface area contributed by atoms with Crippen LogP contribution < -0.4 is 0 Å². The lowest BCUT2D eigenvalue weighted by Gasteiger charge is -2.41. The number of hydrogen-bond donors (Lipinski definition) is 0. The van der Waals surface area contributed by atoms with Gasteiger partial charge in [0.15, 0.2) is 0 Å². The monoisotopic (exact) mass is 277 g/mol. The third kappa shape index (κ3) is 2.75.